The third-order valence-corrected chi connectivity index (χ3v) is 5.51. The summed E-state index contributed by atoms with van der Waals surface area (Å²) in [5, 5.41) is 1.81. The summed E-state index contributed by atoms with van der Waals surface area (Å²) in [7, 11) is 1.57. The van der Waals surface area contributed by atoms with Crippen LogP contribution in [-0.2, 0) is 4.79 Å². The van der Waals surface area contributed by atoms with Crippen molar-refractivity contribution < 1.29 is 9.53 Å². The molecule has 1 aliphatic heterocycles. The highest BCUT2D eigenvalue weighted by atomic mass is 35.5. The standard InChI is InChI=1S/C21H20Cl2N2O2S/c1-13(2)12-25-20(26)19(11-14-4-9-18(27-3)17(23)10-14)28-21(25)24-16-7-5-15(22)6-8-16/h4-11,13H,12H2,1-3H3/b19-11-,24-21?. The predicted molar refractivity (Wildman–Crippen MR) is 119 cm³/mol. The minimum absolute atomic E-state index is 0.0571. The van der Waals surface area contributed by atoms with Gasteiger partial charge in [0.05, 0.1) is 22.7 Å². The molecule has 1 saturated heterocycles. The lowest BCUT2D eigenvalue weighted by atomic mass is 10.2. The second-order valence-corrected chi connectivity index (χ2v) is 8.54. The van der Waals surface area contributed by atoms with Crippen molar-refractivity contribution in [3.8, 4) is 5.75 Å². The average Bonchev–Trinajstić information content (AvgIpc) is 2.92. The number of hydrogen-bond acceptors (Lipinski definition) is 4. The first-order valence-electron chi connectivity index (χ1n) is 8.76. The molecule has 0 aromatic heterocycles. The molecule has 28 heavy (non-hydrogen) atoms. The zero-order chi connectivity index (χ0) is 20.3. The van der Waals surface area contributed by atoms with E-state index in [1.54, 1.807) is 36.3 Å². The molecular formula is C21H20Cl2N2O2S. The zero-order valence-electron chi connectivity index (χ0n) is 15.8. The fourth-order valence-electron chi connectivity index (χ4n) is 2.67. The highest BCUT2D eigenvalue weighted by Crippen LogP contribution is 2.35. The Hall–Kier alpha value is -1.95. The van der Waals surface area contributed by atoms with E-state index in [-0.39, 0.29) is 5.91 Å². The molecule has 1 heterocycles. The van der Waals surface area contributed by atoms with Crippen LogP contribution in [0, 0.1) is 5.92 Å². The van der Waals surface area contributed by atoms with Crippen LogP contribution in [0.15, 0.2) is 52.4 Å². The number of methoxy groups -OCH3 is 1. The van der Waals surface area contributed by atoms with Crippen molar-refractivity contribution in [2.45, 2.75) is 13.8 Å². The Morgan fingerprint density at radius 3 is 2.50 bits per heavy atom. The summed E-state index contributed by atoms with van der Waals surface area (Å²) >= 11 is 13.5. The third-order valence-electron chi connectivity index (χ3n) is 3.96. The number of thioether (sulfide) groups is 1. The van der Waals surface area contributed by atoms with Gasteiger partial charge in [0.1, 0.15) is 5.75 Å². The number of amidine groups is 1. The Balaban J connectivity index is 1.94. The normalized spacial score (nSPS) is 17.2. The maximum absolute atomic E-state index is 13.0. The Morgan fingerprint density at radius 2 is 1.89 bits per heavy atom. The van der Waals surface area contributed by atoms with Gasteiger partial charge in [-0.25, -0.2) is 4.99 Å². The molecule has 2 aromatic carbocycles. The number of rotatable bonds is 5. The Morgan fingerprint density at radius 1 is 1.18 bits per heavy atom. The quantitative estimate of drug-likeness (QED) is 0.521. The van der Waals surface area contributed by atoms with Crippen LogP contribution in [0.4, 0.5) is 5.69 Å². The van der Waals surface area contributed by atoms with Crippen LogP contribution in [-0.4, -0.2) is 29.6 Å². The SMILES string of the molecule is COc1ccc(/C=C2\SC(=Nc3ccc(Cl)cc3)N(CC(C)C)C2=O)cc1Cl. The number of benzene rings is 2. The summed E-state index contributed by atoms with van der Waals surface area (Å²) in [6.07, 6.45) is 1.83. The van der Waals surface area contributed by atoms with Gasteiger partial charge in [-0.2, -0.15) is 0 Å². The van der Waals surface area contributed by atoms with Crippen molar-refractivity contribution in [1.29, 1.82) is 0 Å². The van der Waals surface area contributed by atoms with E-state index in [4.69, 9.17) is 27.9 Å². The molecule has 1 fully saturated rings. The fourth-order valence-corrected chi connectivity index (χ4v) is 4.07. The van der Waals surface area contributed by atoms with E-state index in [1.165, 1.54) is 11.8 Å². The van der Waals surface area contributed by atoms with Gasteiger partial charge in [0.15, 0.2) is 5.17 Å². The smallest absolute Gasteiger partial charge is 0.266 e. The maximum Gasteiger partial charge on any atom is 0.266 e. The number of ether oxygens (including phenoxy) is 1. The molecule has 2 aromatic rings. The van der Waals surface area contributed by atoms with Gasteiger partial charge in [0.2, 0.25) is 0 Å². The van der Waals surface area contributed by atoms with Gasteiger partial charge in [-0.15, -0.1) is 0 Å². The molecule has 4 nitrogen and oxygen atoms in total. The number of nitrogens with zero attached hydrogens (tertiary/aromatic N) is 2. The molecule has 146 valence electrons. The second-order valence-electron chi connectivity index (χ2n) is 6.69. The van der Waals surface area contributed by atoms with Crippen molar-refractivity contribution in [2.24, 2.45) is 10.9 Å². The van der Waals surface area contributed by atoms with Gasteiger partial charge in [-0.05, 0) is 65.7 Å². The molecule has 0 saturated carbocycles. The molecule has 0 bridgehead atoms. The van der Waals surface area contributed by atoms with Crippen LogP contribution in [0.3, 0.4) is 0 Å². The lowest BCUT2D eigenvalue weighted by Crippen LogP contribution is -2.32. The largest absolute Gasteiger partial charge is 0.495 e. The van der Waals surface area contributed by atoms with Crippen molar-refractivity contribution in [3.63, 3.8) is 0 Å². The number of carbonyl (C=O) groups is 1. The lowest BCUT2D eigenvalue weighted by molar-refractivity contribution is -0.122. The molecule has 0 N–H and O–H groups in total. The first kappa shape index (κ1) is 20.8. The molecule has 1 aliphatic rings. The predicted octanol–water partition coefficient (Wildman–Crippen LogP) is 6.26. The van der Waals surface area contributed by atoms with Crippen LogP contribution in [0.1, 0.15) is 19.4 Å². The van der Waals surface area contributed by atoms with E-state index >= 15 is 0 Å². The minimum atomic E-state index is -0.0571. The van der Waals surface area contributed by atoms with Gasteiger partial charge < -0.3 is 4.74 Å². The summed E-state index contributed by atoms with van der Waals surface area (Å²) in [4.78, 5) is 20.0. The van der Waals surface area contributed by atoms with Gasteiger partial charge >= 0.3 is 0 Å². The summed E-state index contributed by atoms with van der Waals surface area (Å²) in [5.74, 6) is 0.855. The number of amides is 1. The van der Waals surface area contributed by atoms with E-state index in [0.717, 1.165) is 11.3 Å². The van der Waals surface area contributed by atoms with Gasteiger partial charge in [-0.3, -0.25) is 9.69 Å². The van der Waals surface area contributed by atoms with Crippen LogP contribution < -0.4 is 4.74 Å². The van der Waals surface area contributed by atoms with Crippen molar-refractivity contribution in [2.75, 3.05) is 13.7 Å². The van der Waals surface area contributed by atoms with E-state index < -0.39 is 0 Å². The van der Waals surface area contributed by atoms with Crippen LogP contribution >= 0.6 is 35.0 Å². The second kappa shape index (κ2) is 9.03. The summed E-state index contributed by atoms with van der Waals surface area (Å²) < 4.78 is 5.18. The highest BCUT2D eigenvalue weighted by Gasteiger charge is 2.33. The first-order chi connectivity index (χ1) is 13.4. The van der Waals surface area contributed by atoms with Gasteiger partial charge in [0.25, 0.3) is 5.91 Å². The highest BCUT2D eigenvalue weighted by molar-refractivity contribution is 8.18. The molecule has 3 rings (SSSR count). The number of halogens is 2. The molecule has 0 radical (unpaired) electrons. The first-order valence-corrected chi connectivity index (χ1v) is 10.3. The van der Waals surface area contributed by atoms with Gasteiger partial charge in [-0.1, -0.05) is 43.1 Å². The molecule has 0 unspecified atom stereocenters. The third kappa shape index (κ3) is 4.90. The molecule has 1 amide bonds. The number of carbonyl (C=O) groups excluding carboxylic acids is 1. The Bertz CT molecular complexity index is 940. The number of aliphatic imine (C=N–C) groups is 1. The topological polar surface area (TPSA) is 41.9 Å². The van der Waals surface area contributed by atoms with Gasteiger partial charge in [0, 0.05) is 11.6 Å². The minimum Gasteiger partial charge on any atom is -0.495 e. The summed E-state index contributed by atoms with van der Waals surface area (Å²) in [5.41, 5.74) is 1.58. The van der Waals surface area contributed by atoms with E-state index in [1.807, 2.05) is 24.3 Å². The molecule has 7 heteroatoms. The van der Waals surface area contributed by atoms with Crippen LogP contribution in [0.25, 0.3) is 6.08 Å². The van der Waals surface area contributed by atoms with Crippen molar-refractivity contribution in [3.05, 3.63) is 63.0 Å². The van der Waals surface area contributed by atoms with Crippen LogP contribution in [0.2, 0.25) is 10.0 Å². The molecule has 0 atom stereocenters. The fraction of sp³-hybridized carbons (Fsp3) is 0.238. The van der Waals surface area contributed by atoms with E-state index in [2.05, 4.69) is 18.8 Å². The lowest BCUT2D eigenvalue weighted by Gasteiger charge is -2.17. The average molecular weight is 435 g/mol. The van der Waals surface area contributed by atoms with E-state index in [9.17, 15) is 4.79 Å². The monoisotopic (exact) mass is 434 g/mol. The van der Waals surface area contributed by atoms with Crippen molar-refractivity contribution in [1.82, 2.24) is 4.90 Å². The Kier molecular flexibility index (Phi) is 6.70. The zero-order valence-corrected chi connectivity index (χ0v) is 18.1. The molecular weight excluding hydrogens is 415 g/mol. The molecule has 0 spiro atoms. The number of hydrogen-bond donors (Lipinski definition) is 0. The van der Waals surface area contributed by atoms with Crippen LogP contribution in [0.5, 0.6) is 5.75 Å². The maximum atomic E-state index is 13.0. The van der Waals surface area contributed by atoms with E-state index in [0.29, 0.717) is 38.3 Å². The summed E-state index contributed by atoms with van der Waals surface area (Å²) in [6.45, 7) is 4.74. The Labute approximate surface area is 179 Å². The molecule has 0 aliphatic carbocycles. The summed E-state index contributed by atoms with van der Waals surface area (Å²) in [6, 6.07) is 12.7. The van der Waals surface area contributed by atoms with Crippen molar-refractivity contribution >= 4 is 57.8 Å².